The molecule has 0 aliphatic heterocycles. The second kappa shape index (κ2) is 5.01. The van der Waals surface area contributed by atoms with Crippen LogP contribution in [0.1, 0.15) is 0 Å². The number of rotatable bonds is 4. The smallest absolute Gasteiger partial charge is 0.277 e. The Morgan fingerprint density at radius 3 is 2.53 bits per heavy atom. The summed E-state index contributed by atoms with van der Waals surface area (Å²) >= 11 is 5.55. The molecule has 2 aromatic rings. The predicted molar refractivity (Wildman–Crippen MR) is 66.8 cm³/mol. The van der Waals surface area contributed by atoms with Gasteiger partial charge in [0.1, 0.15) is 12.4 Å². The van der Waals surface area contributed by atoms with Crippen molar-refractivity contribution < 1.29 is 9.66 Å². The zero-order valence-electron chi connectivity index (χ0n) is 8.93. The number of halogens is 1. The number of nitro groups is 1. The van der Waals surface area contributed by atoms with Gasteiger partial charge in [0.25, 0.3) is 5.69 Å². The van der Waals surface area contributed by atoms with Crippen LogP contribution in [0.3, 0.4) is 0 Å². The zero-order valence-corrected chi connectivity index (χ0v) is 9.68. The maximum absolute atomic E-state index is 10.9. The molecule has 0 aliphatic rings. The first-order chi connectivity index (χ1) is 8.24. The van der Waals surface area contributed by atoms with Gasteiger partial charge in [-0.25, -0.2) is 0 Å². The van der Waals surface area contributed by atoms with Gasteiger partial charge in [0.2, 0.25) is 0 Å². The van der Waals surface area contributed by atoms with E-state index in [0.717, 1.165) is 5.39 Å². The third-order valence-electron chi connectivity index (χ3n) is 2.39. The van der Waals surface area contributed by atoms with Gasteiger partial charge in [-0.05, 0) is 12.1 Å². The summed E-state index contributed by atoms with van der Waals surface area (Å²) in [6, 6.07) is 10.1. The summed E-state index contributed by atoms with van der Waals surface area (Å²) in [6.45, 7) is 0.378. The Kier molecular flexibility index (Phi) is 3.44. The lowest BCUT2D eigenvalue weighted by atomic mass is 10.1. The minimum atomic E-state index is -0.395. The summed E-state index contributed by atoms with van der Waals surface area (Å²) in [4.78, 5) is 10.5. The molecule has 5 heteroatoms. The van der Waals surface area contributed by atoms with Gasteiger partial charge in [0, 0.05) is 11.5 Å². The number of nitro benzene ring substituents is 1. The van der Waals surface area contributed by atoms with Gasteiger partial charge in [-0.15, -0.1) is 11.6 Å². The van der Waals surface area contributed by atoms with E-state index in [1.165, 1.54) is 6.07 Å². The van der Waals surface area contributed by atoms with E-state index in [4.69, 9.17) is 16.3 Å². The Balaban J connectivity index is 2.58. The summed E-state index contributed by atoms with van der Waals surface area (Å²) < 4.78 is 5.45. The van der Waals surface area contributed by atoms with Crippen LogP contribution in [-0.2, 0) is 0 Å². The molecular formula is C12H10ClNO3. The molecule has 88 valence electrons. The Labute approximate surface area is 103 Å². The van der Waals surface area contributed by atoms with Crippen LogP contribution in [-0.4, -0.2) is 17.4 Å². The Hall–Kier alpha value is -1.81. The number of benzene rings is 2. The number of hydrogen-bond donors (Lipinski definition) is 0. The van der Waals surface area contributed by atoms with Crippen LogP contribution in [0.4, 0.5) is 5.69 Å². The maximum Gasteiger partial charge on any atom is 0.277 e. The Morgan fingerprint density at radius 1 is 1.18 bits per heavy atom. The van der Waals surface area contributed by atoms with Crippen molar-refractivity contribution in [2.24, 2.45) is 0 Å². The molecule has 0 N–H and O–H groups in total. The third kappa shape index (κ3) is 2.31. The van der Waals surface area contributed by atoms with Gasteiger partial charge in [0.05, 0.1) is 16.2 Å². The number of fused-ring (bicyclic) bond motifs is 1. The summed E-state index contributed by atoms with van der Waals surface area (Å²) in [5.41, 5.74) is 0.0822. The lowest BCUT2D eigenvalue weighted by Crippen LogP contribution is -1.99. The van der Waals surface area contributed by atoms with E-state index >= 15 is 0 Å². The van der Waals surface area contributed by atoms with Crippen molar-refractivity contribution in [2.45, 2.75) is 0 Å². The number of ether oxygens (including phenoxy) is 1. The van der Waals surface area contributed by atoms with Crippen molar-refractivity contribution in [2.75, 3.05) is 12.5 Å². The molecule has 4 nitrogen and oxygen atoms in total. The number of hydrogen-bond acceptors (Lipinski definition) is 3. The molecule has 0 atom stereocenters. The minimum absolute atomic E-state index is 0.0822. The van der Waals surface area contributed by atoms with E-state index in [2.05, 4.69) is 0 Å². The SMILES string of the molecule is O=[N+]([O-])c1ccc(OCCCl)c2ccccc12. The molecule has 0 fully saturated rings. The third-order valence-corrected chi connectivity index (χ3v) is 2.55. The van der Waals surface area contributed by atoms with Crippen LogP contribution in [0.25, 0.3) is 10.8 Å². The first-order valence-corrected chi connectivity index (χ1v) is 5.62. The van der Waals surface area contributed by atoms with Crippen molar-refractivity contribution in [3.63, 3.8) is 0 Å². The van der Waals surface area contributed by atoms with Crippen molar-refractivity contribution in [3.05, 3.63) is 46.5 Å². The predicted octanol–water partition coefficient (Wildman–Crippen LogP) is 3.37. The normalized spacial score (nSPS) is 10.4. The average molecular weight is 252 g/mol. The first kappa shape index (κ1) is 11.7. The fourth-order valence-electron chi connectivity index (χ4n) is 1.69. The van der Waals surface area contributed by atoms with Crippen LogP contribution < -0.4 is 4.74 Å². The van der Waals surface area contributed by atoms with E-state index in [9.17, 15) is 10.1 Å². The van der Waals surface area contributed by atoms with E-state index < -0.39 is 4.92 Å². The monoisotopic (exact) mass is 251 g/mol. The van der Waals surface area contributed by atoms with E-state index in [-0.39, 0.29) is 5.69 Å². The quantitative estimate of drug-likeness (QED) is 0.476. The van der Waals surface area contributed by atoms with Crippen molar-refractivity contribution >= 4 is 28.1 Å². The number of non-ortho nitro benzene ring substituents is 1. The van der Waals surface area contributed by atoms with E-state index in [1.807, 2.05) is 6.07 Å². The highest BCUT2D eigenvalue weighted by molar-refractivity contribution is 6.18. The molecule has 0 spiro atoms. The molecule has 0 saturated carbocycles. The molecule has 0 amide bonds. The van der Waals surface area contributed by atoms with Gasteiger partial charge in [-0.3, -0.25) is 10.1 Å². The summed E-state index contributed by atoms with van der Waals surface area (Å²) in [5.74, 6) is 0.998. The van der Waals surface area contributed by atoms with E-state index in [0.29, 0.717) is 23.6 Å². The van der Waals surface area contributed by atoms with Gasteiger partial charge < -0.3 is 4.74 Å². The average Bonchev–Trinajstić information content (AvgIpc) is 2.35. The van der Waals surface area contributed by atoms with Crippen molar-refractivity contribution in [1.82, 2.24) is 0 Å². The number of alkyl halides is 1. The standard InChI is InChI=1S/C12H10ClNO3/c13-7-8-17-12-6-5-11(14(15)16)9-3-1-2-4-10(9)12/h1-6H,7-8H2. The highest BCUT2D eigenvalue weighted by Gasteiger charge is 2.14. The largest absolute Gasteiger partial charge is 0.492 e. The summed E-state index contributed by atoms with van der Waals surface area (Å²) in [5, 5.41) is 12.2. The second-order valence-corrected chi connectivity index (χ2v) is 3.80. The molecule has 0 heterocycles. The lowest BCUT2D eigenvalue weighted by Gasteiger charge is -2.08. The molecule has 17 heavy (non-hydrogen) atoms. The van der Waals surface area contributed by atoms with Gasteiger partial charge >= 0.3 is 0 Å². The molecule has 2 rings (SSSR count). The van der Waals surface area contributed by atoms with Crippen LogP contribution in [0.15, 0.2) is 36.4 Å². The molecule has 0 aromatic heterocycles. The molecule has 0 aliphatic carbocycles. The molecule has 2 aromatic carbocycles. The fraction of sp³-hybridized carbons (Fsp3) is 0.167. The molecular weight excluding hydrogens is 242 g/mol. The molecule has 0 unspecified atom stereocenters. The molecule has 0 radical (unpaired) electrons. The van der Waals surface area contributed by atoms with Gasteiger partial charge in [-0.1, -0.05) is 18.2 Å². The maximum atomic E-state index is 10.9. The van der Waals surface area contributed by atoms with Crippen molar-refractivity contribution in [3.8, 4) is 5.75 Å². The Morgan fingerprint density at radius 2 is 1.88 bits per heavy atom. The van der Waals surface area contributed by atoms with E-state index in [1.54, 1.807) is 24.3 Å². The fourth-order valence-corrected chi connectivity index (χ4v) is 1.77. The highest BCUT2D eigenvalue weighted by atomic mass is 35.5. The Bertz CT molecular complexity index is 556. The van der Waals surface area contributed by atoms with Crippen LogP contribution in [0, 0.1) is 10.1 Å². The van der Waals surface area contributed by atoms with Gasteiger partial charge in [-0.2, -0.15) is 0 Å². The zero-order chi connectivity index (χ0) is 12.3. The summed E-state index contributed by atoms with van der Waals surface area (Å²) in [6.07, 6.45) is 0. The number of nitrogens with zero attached hydrogens (tertiary/aromatic N) is 1. The molecule has 0 saturated heterocycles. The topological polar surface area (TPSA) is 52.4 Å². The lowest BCUT2D eigenvalue weighted by molar-refractivity contribution is -0.383. The van der Waals surface area contributed by atoms with Gasteiger partial charge in [0.15, 0.2) is 0 Å². The summed E-state index contributed by atoms with van der Waals surface area (Å²) in [7, 11) is 0. The minimum Gasteiger partial charge on any atom is -0.492 e. The highest BCUT2D eigenvalue weighted by Crippen LogP contribution is 2.32. The first-order valence-electron chi connectivity index (χ1n) is 5.09. The van der Waals surface area contributed by atoms with Crippen molar-refractivity contribution in [1.29, 1.82) is 0 Å². The van der Waals surface area contributed by atoms with Crippen LogP contribution >= 0.6 is 11.6 Å². The van der Waals surface area contributed by atoms with Crippen LogP contribution in [0.5, 0.6) is 5.75 Å². The molecule has 0 bridgehead atoms. The second-order valence-electron chi connectivity index (χ2n) is 3.42. The van der Waals surface area contributed by atoms with Crippen LogP contribution in [0.2, 0.25) is 0 Å².